The highest BCUT2D eigenvalue weighted by Gasteiger charge is 2.26. The number of methoxy groups -OCH3 is 1. The monoisotopic (exact) mass is 242 g/mol. The van der Waals surface area contributed by atoms with Gasteiger partial charge in [-0.1, -0.05) is 0 Å². The Morgan fingerprint density at radius 3 is 2.62 bits per heavy atom. The summed E-state index contributed by atoms with van der Waals surface area (Å²) in [6.45, 7) is 0.330. The lowest BCUT2D eigenvalue weighted by Gasteiger charge is -2.12. The van der Waals surface area contributed by atoms with Gasteiger partial charge in [0, 0.05) is 26.7 Å². The van der Waals surface area contributed by atoms with Crippen LogP contribution in [0.3, 0.4) is 0 Å². The maximum absolute atomic E-state index is 11.8. The highest BCUT2D eigenvalue weighted by Crippen LogP contribution is 2.20. The summed E-state index contributed by atoms with van der Waals surface area (Å²) < 4.78 is 40.0. The number of nitrogens with one attached hydrogen (secondary N) is 1. The zero-order chi connectivity index (χ0) is 12.6. The summed E-state index contributed by atoms with van der Waals surface area (Å²) in [5, 5.41) is 2.34. The SMILES string of the molecule is COCCC(N)C(=O)NCCCC(F)(F)F. The summed E-state index contributed by atoms with van der Waals surface area (Å²) in [6, 6.07) is -0.731. The van der Waals surface area contributed by atoms with Crippen LogP contribution in [0.15, 0.2) is 0 Å². The molecule has 96 valence electrons. The first kappa shape index (κ1) is 15.2. The fraction of sp³-hybridized carbons (Fsp3) is 0.889. The highest BCUT2D eigenvalue weighted by molar-refractivity contribution is 5.81. The minimum Gasteiger partial charge on any atom is -0.385 e. The average Bonchev–Trinajstić information content (AvgIpc) is 2.19. The van der Waals surface area contributed by atoms with E-state index in [1.807, 2.05) is 0 Å². The van der Waals surface area contributed by atoms with Gasteiger partial charge >= 0.3 is 6.18 Å². The van der Waals surface area contributed by atoms with Crippen molar-refractivity contribution in [2.24, 2.45) is 5.73 Å². The smallest absolute Gasteiger partial charge is 0.385 e. The van der Waals surface area contributed by atoms with E-state index < -0.39 is 24.5 Å². The average molecular weight is 242 g/mol. The Bertz CT molecular complexity index is 209. The molecule has 0 aliphatic rings. The predicted octanol–water partition coefficient (Wildman–Crippen LogP) is 0.809. The number of hydrogen-bond donors (Lipinski definition) is 2. The molecule has 4 nitrogen and oxygen atoms in total. The molecule has 1 amide bonds. The van der Waals surface area contributed by atoms with Gasteiger partial charge in [-0.15, -0.1) is 0 Å². The first-order valence-corrected chi connectivity index (χ1v) is 4.96. The quantitative estimate of drug-likeness (QED) is 0.649. The molecule has 0 bridgehead atoms. The van der Waals surface area contributed by atoms with Gasteiger partial charge in [0.1, 0.15) is 0 Å². The van der Waals surface area contributed by atoms with Gasteiger partial charge in [-0.25, -0.2) is 0 Å². The molecule has 0 saturated carbocycles. The molecule has 0 aromatic carbocycles. The van der Waals surface area contributed by atoms with Crippen LogP contribution in [0.5, 0.6) is 0 Å². The Morgan fingerprint density at radius 1 is 1.50 bits per heavy atom. The molecule has 0 aromatic rings. The summed E-state index contributed by atoms with van der Waals surface area (Å²) in [6.07, 6.45) is -4.86. The van der Waals surface area contributed by atoms with Gasteiger partial charge in [0.05, 0.1) is 6.04 Å². The minimum atomic E-state index is -4.18. The molecule has 1 unspecified atom stereocenters. The van der Waals surface area contributed by atoms with E-state index >= 15 is 0 Å². The minimum absolute atomic E-state index is 0.0149. The van der Waals surface area contributed by atoms with Gasteiger partial charge in [-0.3, -0.25) is 4.79 Å². The maximum Gasteiger partial charge on any atom is 0.389 e. The van der Waals surface area contributed by atoms with Crippen LogP contribution in [-0.2, 0) is 9.53 Å². The van der Waals surface area contributed by atoms with Gasteiger partial charge in [0.2, 0.25) is 5.91 Å². The van der Waals surface area contributed by atoms with E-state index in [0.29, 0.717) is 13.0 Å². The fourth-order valence-corrected chi connectivity index (χ4v) is 1.01. The largest absolute Gasteiger partial charge is 0.389 e. The lowest BCUT2D eigenvalue weighted by atomic mass is 10.2. The Balaban J connectivity index is 3.57. The fourth-order valence-electron chi connectivity index (χ4n) is 1.01. The van der Waals surface area contributed by atoms with Crippen molar-refractivity contribution in [3.8, 4) is 0 Å². The zero-order valence-corrected chi connectivity index (χ0v) is 9.14. The van der Waals surface area contributed by atoms with Gasteiger partial charge in [-0.05, 0) is 12.8 Å². The molecule has 7 heteroatoms. The number of carbonyl (C=O) groups is 1. The molecule has 0 fully saturated rings. The summed E-state index contributed by atoms with van der Waals surface area (Å²) in [7, 11) is 1.48. The third-order valence-corrected chi connectivity index (χ3v) is 1.91. The normalized spacial score (nSPS) is 13.6. The molecule has 0 rings (SSSR count). The van der Waals surface area contributed by atoms with E-state index in [4.69, 9.17) is 10.5 Å². The van der Waals surface area contributed by atoms with E-state index in [2.05, 4.69) is 5.32 Å². The van der Waals surface area contributed by atoms with Gasteiger partial charge in [-0.2, -0.15) is 13.2 Å². The molecule has 1 atom stereocenters. The van der Waals surface area contributed by atoms with Gasteiger partial charge < -0.3 is 15.8 Å². The molecule has 16 heavy (non-hydrogen) atoms. The molecule has 0 aromatic heterocycles. The number of hydrogen-bond acceptors (Lipinski definition) is 3. The molecule has 0 aliphatic carbocycles. The molecule has 0 heterocycles. The second-order valence-electron chi connectivity index (χ2n) is 3.40. The van der Waals surface area contributed by atoms with E-state index in [0.717, 1.165) is 0 Å². The second-order valence-corrected chi connectivity index (χ2v) is 3.40. The molecular formula is C9H17F3N2O2. The Hall–Kier alpha value is -0.820. The number of nitrogens with two attached hydrogens (primary N) is 1. The van der Waals surface area contributed by atoms with Crippen molar-refractivity contribution < 1.29 is 22.7 Å². The van der Waals surface area contributed by atoms with Crippen LogP contribution in [-0.4, -0.2) is 38.4 Å². The van der Waals surface area contributed by atoms with Crippen LogP contribution in [0, 0.1) is 0 Å². The van der Waals surface area contributed by atoms with Crippen LogP contribution in [0.2, 0.25) is 0 Å². The van der Waals surface area contributed by atoms with Gasteiger partial charge in [0.25, 0.3) is 0 Å². The third kappa shape index (κ3) is 8.49. The Labute approximate surface area is 92.3 Å². The van der Waals surface area contributed by atoms with Crippen molar-refractivity contribution >= 4 is 5.91 Å². The van der Waals surface area contributed by atoms with Crippen LogP contribution in [0.25, 0.3) is 0 Å². The molecule has 0 aliphatic heterocycles. The van der Waals surface area contributed by atoms with E-state index in [1.54, 1.807) is 0 Å². The molecule has 0 radical (unpaired) electrons. The van der Waals surface area contributed by atoms with E-state index in [9.17, 15) is 18.0 Å². The van der Waals surface area contributed by atoms with Crippen molar-refractivity contribution in [2.75, 3.05) is 20.3 Å². The Kier molecular flexibility index (Phi) is 7.07. The number of amides is 1. The van der Waals surface area contributed by atoms with Crippen molar-refractivity contribution in [1.29, 1.82) is 0 Å². The van der Waals surface area contributed by atoms with E-state index in [-0.39, 0.29) is 13.0 Å². The predicted molar refractivity (Wildman–Crippen MR) is 52.8 cm³/mol. The number of ether oxygens (including phenoxy) is 1. The number of alkyl halides is 3. The van der Waals surface area contributed by atoms with Crippen LogP contribution < -0.4 is 11.1 Å². The summed E-state index contributed by atoms with van der Waals surface area (Å²) in [5.41, 5.74) is 5.46. The zero-order valence-electron chi connectivity index (χ0n) is 9.14. The molecule has 0 saturated heterocycles. The topological polar surface area (TPSA) is 64.3 Å². The third-order valence-electron chi connectivity index (χ3n) is 1.91. The van der Waals surface area contributed by atoms with Crippen molar-refractivity contribution in [2.45, 2.75) is 31.5 Å². The summed E-state index contributed by atoms with van der Waals surface area (Å²) in [4.78, 5) is 11.2. The van der Waals surface area contributed by atoms with Crippen LogP contribution in [0.1, 0.15) is 19.3 Å². The second kappa shape index (κ2) is 7.45. The number of carbonyl (C=O) groups excluding carboxylic acids is 1. The molecule has 0 spiro atoms. The lowest BCUT2D eigenvalue weighted by Crippen LogP contribution is -2.41. The van der Waals surface area contributed by atoms with Gasteiger partial charge in [0.15, 0.2) is 0 Å². The lowest BCUT2D eigenvalue weighted by molar-refractivity contribution is -0.136. The first-order chi connectivity index (χ1) is 7.37. The number of halogens is 3. The van der Waals surface area contributed by atoms with Crippen LogP contribution in [0.4, 0.5) is 13.2 Å². The van der Waals surface area contributed by atoms with Crippen molar-refractivity contribution in [1.82, 2.24) is 5.32 Å². The van der Waals surface area contributed by atoms with Crippen molar-refractivity contribution in [3.63, 3.8) is 0 Å². The number of rotatable bonds is 7. The summed E-state index contributed by atoms with van der Waals surface area (Å²) in [5.74, 6) is -0.445. The van der Waals surface area contributed by atoms with E-state index in [1.165, 1.54) is 7.11 Å². The molecular weight excluding hydrogens is 225 g/mol. The maximum atomic E-state index is 11.8. The van der Waals surface area contributed by atoms with Crippen molar-refractivity contribution in [3.05, 3.63) is 0 Å². The summed E-state index contributed by atoms with van der Waals surface area (Å²) >= 11 is 0. The highest BCUT2D eigenvalue weighted by atomic mass is 19.4. The Morgan fingerprint density at radius 2 is 2.12 bits per heavy atom. The standard InChI is InChI=1S/C9H17F3N2O2/c1-16-6-3-7(13)8(15)14-5-2-4-9(10,11)12/h7H,2-6,13H2,1H3,(H,14,15). The molecule has 3 N–H and O–H groups in total. The van der Waals surface area contributed by atoms with Crippen LogP contribution >= 0.6 is 0 Å². The first-order valence-electron chi connectivity index (χ1n) is 4.96.